The van der Waals surface area contributed by atoms with Crippen LogP contribution in [0.15, 0.2) is 29.6 Å². The first-order chi connectivity index (χ1) is 11.5. The summed E-state index contributed by atoms with van der Waals surface area (Å²) >= 11 is 1.46. The van der Waals surface area contributed by atoms with Crippen LogP contribution < -0.4 is 5.32 Å². The van der Waals surface area contributed by atoms with Crippen molar-refractivity contribution < 1.29 is 19.4 Å². The van der Waals surface area contributed by atoms with Gasteiger partial charge in [-0.3, -0.25) is 4.79 Å². The Balaban J connectivity index is 1.97. The van der Waals surface area contributed by atoms with E-state index in [2.05, 4.69) is 10.3 Å². The number of nitrogens with one attached hydrogen (secondary N) is 1. The third kappa shape index (κ3) is 5.14. The molecule has 24 heavy (non-hydrogen) atoms. The van der Waals surface area contributed by atoms with Crippen LogP contribution >= 0.6 is 11.3 Å². The van der Waals surface area contributed by atoms with E-state index in [0.717, 1.165) is 10.6 Å². The van der Waals surface area contributed by atoms with E-state index >= 15 is 0 Å². The first-order valence-corrected chi connectivity index (χ1v) is 8.40. The Morgan fingerprint density at radius 3 is 2.67 bits per heavy atom. The number of aryl methyl sites for hydroxylation is 1. The molecule has 1 aromatic carbocycles. The highest BCUT2D eigenvalue weighted by molar-refractivity contribution is 7.13. The number of methoxy groups -OCH3 is 1. The first kappa shape index (κ1) is 18.1. The van der Waals surface area contributed by atoms with E-state index in [1.165, 1.54) is 24.0 Å². The lowest BCUT2D eigenvalue weighted by Gasteiger charge is -2.13. The number of nitrogens with zero attached hydrogens (tertiary/aromatic N) is 1. The number of hydrogen-bond acceptors (Lipinski definition) is 5. The van der Waals surface area contributed by atoms with Gasteiger partial charge in [-0.2, -0.15) is 0 Å². The van der Waals surface area contributed by atoms with E-state index in [9.17, 15) is 9.59 Å². The van der Waals surface area contributed by atoms with Gasteiger partial charge in [-0.1, -0.05) is 29.8 Å². The van der Waals surface area contributed by atoms with Crippen molar-refractivity contribution in [3.05, 3.63) is 40.9 Å². The zero-order valence-electron chi connectivity index (χ0n) is 13.6. The van der Waals surface area contributed by atoms with Crippen LogP contribution in [0, 0.1) is 6.92 Å². The van der Waals surface area contributed by atoms with Crippen molar-refractivity contribution in [2.24, 2.45) is 0 Å². The molecule has 0 bridgehead atoms. The fourth-order valence-corrected chi connectivity index (χ4v) is 2.95. The summed E-state index contributed by atoms with van der Waals surface area (Å²) in [6, 6.07) is 7.05. The summed E-state index contributed by atoms with van der Waals surface area (Å²) in [5.74, 6) is -1.43. The van der Waals surface area contributed by atoms with E-state index in [1.807, 2.05) is 36.6 Å². The molecule has 6 nitrogen and oxygen atoms in total. The van der Waals surface area contributed by atoms with Gasteiger partial charge in [-0.25, -0.2) is 9.78 Å². The molecule has 1 aromatic heterocycles. The Bertz CT molecular complexity index is 697. The minimum Gasteiger partial charge on any atom is -0.480 e. The number of ether oxygens (including phenoxy) is 1. The topological polar surface area (TPSA) is 88.5 Å². The maximum Gasteiger partial charge on any atom is 0.326 e. The lowest BCUT2D eigenvalue weighted by atomic mass is 10.1. The van der Waals surface area contributed by atoms with Gasteiger partial charge in [0.2, 0.25) is 5.91 Å². The predicted molar refractivity (Wildman–Crippen MR) is 92.1 cm³/mol. The average molecular weight is 348 g/mol. The largest absolute Gasteiger partial charge is 0.480 e. The fourth-order valence-electron chi connectivity index (χ4n) is 2.12. The number of carboxylic acid groups (broad SMARTS) is 1. The highest BCUT2D eigenvalue weighted by atomic mass is 32.1. The summed E-state index contributed by atoms with van der Waals surface area (Å²) < 4.78 is 4.86. The van der Waals surface area contributed by atoms with Crippen LogP contribution in [0.25, 0.3) is 10.6 Å². The van der Waals surface area contributed by atoms with E-state index in [0.29, 0.717) is 5.69 Å². The lowest BCUT2D eigenvalue weighted by molar-refractivity contribution is -0.142. The van der Waals surface area contributed by atoms with Crippen molar-refractivity contribution in [2.75, 3.05) is 13.7 Å². The molecule has 128 valence electrons. The molecule has 7 heteroatoms. The third-order valence-electron chi connectivity index (χ3n) is 3.44. The number of aliphatic carboxylic acids is 1. The lowest BCUT2D eigenvalue weighted by Crippen LogP contribution is -2.42. The maximum atomic E-state index is 12.0. The van der Waals surface area contributed by atoms with Crippen LogP contribution in [0.5, 0.6) is 0 Å². The van der Waals surface area contributed by atoms with Crippen LogP contribution in [-0.4, -0.2) is 41.7 Å². The molecule has 0 aliphatic heterocycles. The third-order valence-corrected chi connectivity index (χ3v) is 4.38. The number of amides is 1. The summed E-state index contributed by atoms with van der Waals surface area (Å²) in [7, 11) is 1.49. The first-order valence-electron chi connectivity index (χ1n) is 7.52. The van der Waals surface area contributed by atoms with Gasteiger partial charge in [0.15, 0.2) is 0 Å². The van der Waals surface area contributed by atoms with Crippen LogP contribution in [0.4, 0.5) is 0 Å². The van der Waals surface area contributed by atoms with Crippen molar-refractivity contribution >= 4 is 23.2 Å². The number of hydrogen-bond donors (Lipinski definition) is 2. The number of aromatic nitrogens is 1. The average Bonchev–Trinajstić information content (AvgIpc) is 3.00. The molecule has 1 atom stereocenters. The maximum absolute atomic E-state index is 12.0. The van der Waals surface area contributed by atoms with Crippen molar-refractivity contribution in [3.8, 4) is 10.6 Å². The molecule has 0 spiro atoms. The second-order valence-electron chi connectivity index (χ2n) is 5.43. The molecule has 1 heterocycles. The normalized spacial score (nSPS) is 11.9. The van der Waals surface area contributed by atoms with Gasteiger partial charge in [-0.15, -0.1) is 11.3 Å². The molecule has 0 aliphatic carbocycles. The SMILES string of the molecule is COCCC(NC(=O)Cc1csc(-c2ccc(C)cc2)n1)C(=O)O. The fraction of sp³-hybridized carbons (Fsp3) is 0.353. The molecular formula is C17H20N2O4S. The van der Waals surface area contributed by atoms with Gasteiger partial charge in [0.1, 0.15) is 11.0 Å². The summed E-state index contributed by atoms with van der Waals surface area (Å²) in [5.41, 5.74) is 2.80. The van der Waals surface area contributed by atoms with Crippen LogP contribution in [0.1, 0.15) is 17.7 Å². The monoisotopic (exact) mass is 348 g/mol. The zero-order valence-corrected chi connectivity index (χ0v) is 14.4. The van der Waals surface area contributed by atoms with Crippen molar-refractivity contribution in [1.82, 2.24) is 10.3 Å². The second kappa shape index (κ2) is 8.56. The van der Waals surface area contributed by atoms with Crippen molar-refractivity contribution in [3.63, 3.8) is 0 Å². The van der Waals surface area contributed by atoms with Crippen molar-refractivity contribution in [1.29, 1.82) is 0 Å². The number of rotatable bonds is 8. The van der Waals surface area contributed by atoms with E-state index < -0.39 is 12.0 Å². The number of carbonyl (C=O) groups is 2. The zero-order chi connectivity index (χ0) is 17.5. The Morgan fingerprint density at radius 1 is 1.33 bits per heavy atom. The molecule has 0 saturated heterocycles. The van der Waals surface area contributed by atoms with Gasteiger partial charge in [-0.05, 0) is 6.92 Å². The standard InChI is InChI=1S/C17H20N2O4S/c1-11-3-5-12(6-4-11)16-18-13(10-24-16)9-15(20)19-14(17(21)22)7-8-23-2/h3-6,10,14H,7-9H2,1-2H3,(H,19,20)(H,21,22). The Labute approximate surface area is 144 Å². The van der Waals surface area contributed by atoms with E-state index in [4.69, 9.17) is 9.84 Å². The Kier molecular flexibility index (Phi) is 6.45. The van der Waals surface area contributed by atoms with E-state index in [-0.39, 0.29) is 25.4 Å². The summed E-state index contributed by atoms with van der Waals surface area (Å²) in [5, 5.41) is 14.3. The quantitative estimate of drug-likeness (QED) is 0.764. The van der Waals surface area contributed by atoms with Crippen LogP contribution in [0.3, 0.4) is 0 Å². The molecule has 0 fully saturated rings. The summed E-state index contributed by atoms with van der Waals surface area (Å²) in [6.45, 7) is 2.29. The second-order valence-corrected chi connectivity index (χ2v) is 6.28. The van der Waals surface area contributed by atoms with Crippen LogP contribution in [0.2, 0.25) is 0 Å². The molecule has 0 radical (unpaired) electrons. The molecule has 2 aromatic rings. The molecule has 2 N–H and O–H groups in total. The minimum absolute atomic E-state index is 0.0547. The summed E-state index contributed by atoms with van der Waals surface area (Å²) in [4.78, 5) is 27.6. The van der Waals surface area contributed by atoms with Gasteiger partial charge < -0.3 is 15.2 Å². The number of benzene rings is 1. The highest BCUT2D eigenvalue weighted by Gasteiger charge is 2.20. The van der Waals surface area contributed by atoms with Crippen LogP contribution in [-0.2, 0) is 20.7 Å². The van der Waals surface area contributed by atoms with E-state index in [1.54, 1.807) is 0 Å². The van der Waals surface area contributed by atoms with Gasteiger partial charge >= 0.3 is 5.97 Å². The molecular weight excluding hydrogens is 328 g/mol. The van der Waals surface area contributed by atoms with Crippen molar-refractivity contribution in [2.45, 2.75) is 25.8 Å². The van der Waals surface area contributed by atoms with Gasteiger partial charge in [0, 0.05) is 31.1 Å². The molecule has 1 amide bonds. The van der Waals surface area contributed by atoms with Gasteiger partial charge in [0.05, 0.1) is 12.1 Å². The highest BCUT2D eigenvalue weighted by Crippen LogP contribution is 2.24. The Morgan fingerprint density at radius 2 is 2.04 bits per heavy atom. The minimum atomic E-state index is -1.07. The molecule has 0 aliphatic rings. The molecule has 2 rings (SSSR count). The van der Waals surface area contributed by atoms with Gasteiger partial charge in [0.25, 0.3) is 0 Å². The smallest absolute Gasteiger partial charge is 0.326 e. The Hall–Kier alpha value is -2.25. The molecule has 0 saturated carbocycles. The number of thiazole rings is 1. The molecule has 1 unspecified atom stereocenters. The predicted octanol–water partition coefficient (Wildman–Crippen LogP) is 2.27. The summed E-state index contributed by atoms with van der Waals surface area (Å²) in [6.07, 6.45) is 0.280. The number of carboxylic acids is 1. The number of carbonyl (C=O) groups excluding carboxylic acids is 1.